The van der Waals surface area contributed by atoms with E-state index in [-0.39, 0.29) is 17.5 Å². The number of thiophene rings is 1. The van der Waals surface area contributed by atoms with Gasteiger partial charge in [-0.3, -0.25) is 14.5 Å². The van der Waals surface area contributed by atoms with Gasteiger partial charge >= 0.3 is 0 Å². The number of rotatable bonds is 6. The quantitative estimate of drug-likeness (QED) is 0.418. The molecule has 0 N–H and O–H groups in total. The fourth-order valence-electron chi connectivity index (χ4n) is 2.49. The van der Waals surface area contributed by atoms with Crippen molar-refractivity contribution in [2.24, 2.45) is 0 Å². The van der Waals surface area contributed by atoms with Crippen LogP contribution in [0.1, 0.15) is 29.2 Å². The lowest BCUT2D eigenvalue weighted by molar-refractivity contribution is -0.116. The minimum absolute atomic E-state index is 0.0716. The van der Waals surface area contributed by atoms with E-state index in [1.54, 1.807) is 46.7 Å². The second-order valence-electron chi connectivity index (χ2n) is 5.66. The average molecular weight is 401 g/mol. The fraction of sp³-hybridized carbons (Fsp3) is 0.150. The van der Waals surface area contributed by atoms with Crippen molar-refractivity contribution in [3.63, 3.8) is 0 Å². The molecule has 0 aliphatic carbocycles. The van der Waals surface area contributed by atoms with Crippen LogP contribution < -0.4 is 4.90 Å². The Morgan fingerprint density at radius 2 is 2.00 bits per heavy atom. The van der Waals surface area contributed by atoms with Gasteiger partial charge in [0.2, 0.25) is 5.91 Å². The number of hydrogen-bond donors (Lipinski definition) is 0. The summed E-state index contributed by atoms with van der Waals surface area (Å²) in [4.78, 5) is 31.1. The molecule has 0 fully saturated rings. The highest BCUT2D eigenvalue weighted by atomic mass is 32.1. The van der Waals surface area contributed by atoms with E-state index < -0.39 is 0 Å². The van der Waals surface area contributed by atoms with Gasteiger partial charge in [0.15, 0.2) is 10.9 Å². The molecule has 0 unspecified atom stereocenters. The zero-order valence-corrected chi connectivity index (χ0v) is 16.4. The molecule has 0 saturated heterocycles. The number of aromatic nitrogens is 1. The van der Waals surface area contributed by atoms with Crippen molar-refractivity contribution in [3.8, 4) is 10.4 Å². The van der Waals surface area contributed by atoms with Gasteiger partial charge in [0.05, 0.1) is 10.6 Å². The number of amides is 1. The molecule has 27 heavy (non-hydrogen) atoms. The van der Waals surface area contributed by atoms with Gasteiger partial charge in [-0.15, -0.1) is 22.7 Å². The van der Waals surface area contributed by atoms with Crippen LogP contribution in [0.3, 0.4) is 0 Å². The monoisotopic (exact) mass is 400 g/mol. The van der Waals surface area contributed by atoms with E-state index in [0.717, 1.165) is 0 Å². The molecule has 0 bridgehead atoms. The lowest BCUT2D eigenvalue weighted by Crippen LogP contribution is -2.27. The standard InChI is InChI=1S/C20H17FN2O2S2/c1-3-23(13(2)24)20-22-14(12-26-20)8-9-17(25)19-11-10-18(27-19)15-6-4-5-7-16(15)21/h4-12H,3H2,1-2H3. The number of benzene rings is 1. The summed E-state index contributed by atoms with van der Waals surface area (Å²) >= 11 is 2.60. The molecule has 2 aromatic heterocycles. The first kappa shape index (κ1) is 19.1. The summed E-state index contributed by atoms with van der Waals surface area (Å²) < 4.78 is 13.9. The molecule has 3 rings (SSSR count). The number of anilines is 1. The van der Waals surface area contributed by atoms with E-state index >= 15 is 0 Å². The maximum Gasteiger partial charge on any atom is 0.225 e. The van der Waals surface area contributed by atoms with Gasteiger partial charge in [-0.2, -0.15) is 0 Å². The van der Waals surface area contributed by atoms with Crippen LogP contribution in [0, 0.1) is 5.82 Å². The van der Waals surface area contributed by atoms with Crippen molar-refractivity contribution >= 4 is 45.6 Å². The van der Waals surface area contributed by atoms with Crippen molar-refractivity contribution in [1.82, 2.24) is 4.98 Å². The SMILES string of the molecule is CCN(C(C)=O)c1nc(C=CC(=O)c2ccc(-c3ccccc3F)s2)cs1. The number of thiazole rings is 1. The van der Waals surface area contributed by atoms with Crippen molar-refractivity contribution in [2.75, 3.05) is 11.4 Å². The normalized spacial score (nSPS) is 11.1. The van der Waals surface area contributed by atoms with E-state index in [4.69, 9.17) is 0 Å². The summed E-state index contributed by atoms with van der Waals surface area (Å²) in [6.45, 7) is 3.92. The van der Waals surface area contributed by atoms with Crippen LogP contribution in [-0.4, -0.2) is 23.2 Å². The Balaban J connectivity index is 1.74. The van der Waals surface area contributed by atoms with E-state index in [1.807, 2.05) is 6.92 Å². The van der Waals surface area contributed by atoms with Gasteiger partial charge in [-0.25, -0.2) is 9.37 Å². The van der Waals surface area contributed by atoms with Gasteiger partial charge in [0, 0.05) is 29.3 Å². The van der Waals surface area contributed by atoms with Crippen LogP contribution in [0.2, 0.25) is 0 Å². The van der Waals surface area contributed by atoms with Crippen LogP contribution in [0.25, 0.3) is 16.5 Å². The zero-order chi connectivity index (χ0) is 19.4. The Kier molecular flexibility index (Phi) is 5.93. The summed E-state index contributed by atoms with van der Waals surface area (Å²) in [5.74, 6) is -0.552. The van der Waals surface area contributed by atoms with Crippen LogP contribution >= 0.6 is 22.7 Å². The Hall–Kier alpha value is -2.64. The molecule has 7 heteroatoms. The molecule has 0 saturated carbocycles. The highest BCUT2D eigenvalue weighted by molar-refractivity contribution is 7.17. The summed E-state index contributed by atoms with van der Waals surface area (Å²) in [7, 11) is 0. The van der Waals surface area contributed by atoms with Gasteiger partial charge in [-0.1, -0.05) is 18.2 Å². The topological polar surface area (TPSA) is 50.3 Å². The average Bonchev–Trinajstić information content (AvgIpc) is 3.30. The molecule has 4 nitrogen and oxygen atoms in total. The predicted molar refractivity (Wildman–Crippen MR) is 109 cm³/mol. The molecular formula is C20H17FN2O2S2. The maximum absolute atomic E-state index is 13.9. The highest BCUT2D eigenvalue weighted by Gasteiger charge is 2.13. The van der Waals surface area contributed by atoms with Crippen LogP contribution in [0.4, 0.5) is 9.52 Å². The van der Waals surface area contributed by atoms with Gasteiger partial charge < -0.3 is 0 Å². The number of carbonyl (C=O) groups is 2. The van der Waals surface area contributed by atoms with Crippen molar-refractivity contribution in [2.45, 2.75) is 13.8 Å². The summed E-state index contributed by atoms with van der Waals surface area (Å²) in [5, 5.41) is 2.40. The molecule has 0 radical (unpaired) electrons. The zero-order valence-electron chi connectivity index (χ0n) is 14.8. The summed E-state index contributed by atoms with van der Waals surface area (Å²) in [6.07, 6.45) is 3.07. The molecule has 2 heterocycles. The molecule has 0 aliphatic heterocycles. The third-order valence-electron chi connectivity index (χ3n) is 3.83. The van der Waals surface area contributed by atoms with Crippen LogP contribution in [0.5, 0.6) is 0 Å². The Bertz CT molecular complexity index is 1010. The first-order valence-electron chi connectivity index (χ1n) is 8.30. The summed E-state index contributed by atoms with van der Waals surface area (Å²) in [6, 6.07) is 9.93. The van der Waals surface area contributed by atoms with E-state index in [9.17, 15) is 14.0 Å². The number of ketones is 1. The fourth-order valence-corrected chi connectivity index (χ4v) is 4.34. The van der Waals surface area contributed by atoms with Gasteiger partial charge in [0.25, 0.3) is 0 Å². The van der Waals surface area contributed by atoms with Crippen molar-refractivity contribution in [1.29, 1.82) is 0 Å². The third-order valence-corrected chi connectivity index (χ3v) is 5.85. The number of hydrogen-bond acceptors (Lipinski definition) is 5. The van der Waals surface area contributed by atoms with Crippen molar-refractivity contribution < 1.29 is 14.0 Å². The van der Waals surface area contributed by atoms with Gasteiger partial charge in [-0.05, 0) is 37.3 Å². The lowest BCUT2D eigenvalue weighted by Gasteiger charge is -2.14. The predicted octanol–water partition coefficient (Wildman–Crippen LogP) is 5.28. The maximum atomic E-state index is 13.9. The molecule has 3 aromatic rings. The smallest absolute Gasteiger partial charge is 0.225 e. The highest BCUT2D eigenvalue weighted by Crippen LogP contribution is 2.30. The third kappa shape index (κ3) is 4.37. The summed E-state index contributed by atoms with van der Waals surface area (Å²) in [5.41, 5.74) is 1.10. The van der Waals surface area contributed by atoms with Crippen LogP contribution in [0.15, 0.2) is 47.9 Å². The lowest BCUT2D eigenvalue weighted by atomic mass is 10.2. The first-order chi connectivity index (χ1) is 13.0. The Labute approximate surface area is 164 Å². The second-order valence-corrected chi connectivity index (χ2v) is 7.58. The molecule has 0 aliphatic rings. The molecule has 0 atom stereocenters. The van der Waals surface area contributed by atoms with E-state index in [1.165, 1.54) is 41.7 Å². The van der Waals surface area contributed by atoms with E-state index in [0.29, 0.717) is 32.7 Å². The minimum Gasteiger partial charge on any atom is -0.289 e. The molecule has 1 amide bonds. The number of halogens is 1. The second kappa shape index (κ2) is 8.37. The largest absolute Gasteiger partial charge is 0.289 e. The van der Waals surface area contributed by atoms with Crippen LogP contribution in [-0.2, 0) is 4.79 Å². The molecular weight excluding hydrogens is 383 g/mol. The number of nitrogens with zero attached hydrogens (tertiary/aromatic N) is 2. The molecule has 1 aromatic carbocycles. The Morgan fingerprint density at radius 1 is 1.22 bits per heavy atom. The van der Waals surface area contributed by atoms with Gasteiger partial charge in [0.1, 0.15) is 5.82 Å². The number of carbonyl (C=O) groups excluding carboxylic acids is 2. The molecule has 0 spiro atoms. The first-order valence-corrected chi connectivity index (χ1v) is 10.00. The Morgan fingerprint density at radius 3 is 2.70 bits per heavy atom. The van der Waals surface area contributed by atoms with Crippen molar-refractivity contribution in [3.05, 3.63) is 64.2 Å². The molecule has 138 valence electrons. The number of allylic oxidation sites excluding steroid dienone is 1. The van der Waals surface area contributed by atoms with E-state index in [2.05, 4.69) is 4.98 Å². The minimum atomic E-state index is -0.310.